The third-order valence-corrected chi connectivity index (χ3v) is 7.97. The summed E-state index contributed by atoms with van der Waals surface area (Å²) in [6.07, 6.45) is 3.41. The van der Waals surface area contributed by atoms with E-state index in [1.165, 1.54) is 37.3 Å². The van der Waals surface area contributed by atoms with Gasteiger partial charge in [-0.1, -0.05) is 13.8 Å². The summed E-state index contributed by atoms with van der Waals surface area (Å²) in [5, 5.41) is 5.45. The lowest BCUT2D eigenvalue weighted by atomic mass is 9.71. The second-order valence-electron chi connectivity index (χ2n) is 10.4. The van der Waals surface area contributed by atoms with Crippen molar-refractivity contribution < 1.29 is 9.59 Å². The number of carbonyl (C=O) groups is 2. The second kappa shape index (κ2) is 11.9. The van der Waals surface area contributed by atoms with Crippen molar-refractivity contribution in [3.8, 4) is 0 Å². The smallest absolute Gasteiger partial charge is 0.226 e. The average Bonchev–Trinajstić information content (AvgIpc) is 2.86. The summed E-state index contributed by atoms with van der Waals surface area (Å²) >= 11 is 0. The number of hydrogen-bond acceptors (Lipinski definition) is 6. The van der Waals surface area contributed by atoms with E-state index in [9.17, 15) is 9.59 Å². The molecule has 5 rings (SSSR count). The van der Waals surface area contributed by atoms with Crippen molar-refractivity contribution in [1.82, 2.24) is 10.2 Å². The molecule has 37 heavy (non-hydrogen) atoms. The van der Waals surface area contributed by atoms with Crippen LogP contribution in [0.1, 0.15) is 38.7 Å². The number of rotatable bonds is 8. The highest BCUT2D eigenvalue weighted by atomic mass is 16.1. The lowest BCUT2D eigenvalue weighted by molar-refractivity contribution is -0.116. The van der Waals surface area contributed by atoms with Crippen molar-refractivity contribution >= 4 is 35.1 Å². The number of amides is 2. The molecule has 1 spiro atoms. The molecule has 0 saturated carbocycles. The van der Waals surface area contributed by atoms with Gasteiger partial charge in [0.15, 0.2) is 0 Å². The van der Waals surface area contributed by atoms with Crippen molar-refractivity contribution in [2.24, 2.45) is 5.41 Å². The standard InChI is InChI=1S/C27H36N6O2.C2H6/c1-20-14-23(6-7-25(20)30-26(35)8-11-29-19-34)32-15-24(16-32)33-17-27(18-33)9-12-31(13-10-27)22-4-2-21(28)3-5-22;1-2/h2-7,14,19,24H,8-13,15-18,28H2,1H3,(H,29,34)(H,30,35);1-2H3. The zero-order valence-corrected chi connectivity index (χ0v) is 22.5. The van der Waals surface area contributed by atoms with Gasteiger partial charge in [0.25, 0.3) is 0 Å². The largest absolute Gasteiger partial charge is 0.399 e. The Bertz CT molecular complexity index is 1050. The van der Waals surface area contributed by atoms with E-state index >= 15 is 0 Å². The van der Waals surface area contributed by atoms with Gasteiger partial charge in [-0.2, -0.15) is 0 Å². The monoisotopic (exact) mass is 506 g/mol. The molecule has 4 N–H and O–H groups in total. The zero-order valence-electron chi connectivity index (χ0n) is 22.5. The van der Waals surface area contributed by atoms with E-state index in [-0.39, 0.29) is 12.3 Å². The molecule has 8 nitrogen and oxygen atoms in total. The number of anilines is 4. The number of piperidine rings is 1. The van der Waals surface area contributed by atoms with Crippen molar-refractivity contribution in [2.75, 3.05) is 66.7 Å². The fraction of sp³-hybridized carbons (Fsp3) is 0.517. The van der Waals surface area contributed by atoms with Gasteiger partial charge >= 0.3 is 0 Å². The fourth-order valence-electron chi connectivity index (χ4n) is 5.65. The summed E-state index contributed by atoms with van der Waals surface area (Å²) in [5.74, 6) is -0.0924. The Hall–Kier alpha value is -3.26. The van der Waals surface area contributed by atoms with Gasteiger partial charge in [-0.05, 0) is 73.2 Å². The van der Waals surface area contributed by atoms with Gasteiger partial charge in [-0.15, -0.1) is 0 Å². The highest BCUT2D eigenvalue weighted by molar-refractivity contribution is 5.92. The number of carbonyl (C=O) groups excluding carboxylic acids is 2. The van der Waals surface area contributed by atoms with E-state index in [0.29, 0.717) is 24.4 Å². The maximum atomic E-state index is 12.0. The third kappa shape index (κ3) is 6.18. The van der Waals surface area contributed by atoms with Crippen LogP contribution in [0.5, 0.6) is 0 Å². The number of aryl methyl sites for hydroxylation is 1. The molecule has 3 aliphatic heterocycles. The molecule has 8 heteroatoms. The molecular formula is C29H42N6O2. The Balaban J connectivity index is 0.00000156. The molecule has 0 radical (unpaired) electrons. The number of nitrogen functional groups attached to an aromatic ring is 1. The first-order valence-corrected chi connectivity index (χ1v) is 13.6. The molecule has 2 amide bonds. The van der Waals surface area contributed by atoms with E-state index in [4.69, 9.17) is 5.73 Å². The van der Waals surface area contributed by atoms with Crippen LogP contribution in [0.15, 0.2) is 42.5 Å². The molecule has 3 fully saturated rings. The fourth-order valence-corrected chi connectivity index (χ4v) is 5.65. The number of nitrogens with one attached hydrogen (secondary N) is 2. The molecule has 0 bridgehead atoms. The van der Waals surface area contributed by atoms with Crippen LogP contribution in [0.4, 0.5) is 22.7 Å². The molecule has 0 atom stereocenters. The summed E-state index contributed by atoms with van der Waals surface area (Å²) < 4.78 is 0. The summed E-state index contributed by atoms with van der Waals surface area (Å²) in [5.41, 5.74) is 11.5. The number of likely N-dealkylation sites (tertiary alicyclic amines) is 1. The highest BCUT2D eigenvalue weighted by Crippen LogP contribution is 2.43. The minimum absolute atomic E-state index is 0.0924. The Morgan fingerprint density at radius 3 is 2.30 bits per heavy atom. The van der Waals surface area contributed by atoms with Crippen LogP contribution in [-0.2, 0) is 9.59 Å². The number of nitrogens with zero attached hydrogens (tertiary/aromatic N) is 3. The van der Waals surface area contributed by atoms with Gasteiger partial charge in [0.05, 0.1) is 0 Å². The Morgan fingerprint density at radius 2 is 1.68 bits per heavy atom. The first kappa shape index (κ1) is 26.8. The summed E-state index contributed by atoms with van der Waals surface area (Å²) in [7, 11) is 0. The van der Waals surface area contributed by atoms with E-state index < -0.39 is 0 Å². The van der Waals surface area contributed by atoms with Gasteiger partial charge in [0.2, 0.25) is 12.3 Å². The van der Waals surface area contributed by atoms with Gasteiger partial charge in [0.1, 0.15) is 0 Å². The van der Waals surface area contributed by atoms with Crippen molar-refractivity contribution in [3.63, 3.8) is 0 Å². The van der Waals surface area contributed by atoms with Gasteiger partial charge in [-0.25, -0.2) is 0 Å². The van der Waals surface area contributed by atoms with Crippen LogP contribution in [0.2, 0.25) is 0 Å². The maximum Gasteiger partial charge on any atom is 0.226 e. The zero-order chi connectivity index (χ0) is 26.4. The topological polar surface area (TPSA) is 93.9 Å². The van der Waals surface area contributed by atoms with Crippen molar-refractivity contribution in [1.29, 1.82) is 0 Å². The second-order valence-corrected chi connectivity index (χ2v) is 10.4. The predicted octanol–water partition coefficient (Wildman–Crippen LogP) is 3.47. The summed E-state index contributed by atoms with van der Waals surface area (Å²) in [6, 6.07) is 15.1. The summed E-state index contributed by atoms with van der Waals surface area (Å²) in [6.45, 7) is 13.2. The minimum atomic E-state index is -0.0924. The third-order valence-electron chi connectivity index (χ3n) is 7.97. The van der Waals surface area contributed by atoms with Crippen LogP contribution in [0.3, 0.4) is 0 Å². The minimum Gasteiger partial charge on any atom is -0.399 e. The number of hydrogen-bond donors (Lipinski definition) is 3. The lowest BCUT2D eigenvalue weighted by Gasteiger charge is -2.60. The van der Waals surface area contributed by atoms with Crippen LogP contribution in [0.25, 0.3) is 0 Å². The molecule has 0 unspecified atom stereocenters. The van der Waals surface area contributed by atoms with Crippen LogP contribution < -0.4 is 26.2 Å². The molecule has 2 aromatic carbocycles. The Labute approximate surface area is 221 Å². The van der Waals surface area contributed by atoms with Crippen LogP contribution >= 0.6 is 0 Å². The van der Waals surface area contributed by atoms with E-state index in [0.717, 1.165) is 43.1 Å². The Morgan fingerprint density at radius 1 is 1.03 bits per heavy atom. The molecular weight excluding hydrogens is 464 g/mol. The molecule has 0 aromatic heterocycles. The van der Waals surface area contributed by atoms with Gasteiger partial charge in [-0.3, -0.25) is 14.5 Å². The number of nitrogens with two attached hydrogens (primary N) is 1. The molecule has 3 saturated heterocycles. The quantitative estimate of drug-likeness (QED) is 0.288. The SMILES string of the molecule is CC.Cc1cc(N2CC(N3CC4(CCN(c5ccc(N)cc5)CC4)C3)C2)ccc1NC(=O)CCNC=O. The normalized spacial score (nSPS) is 18.8. The van der Waals surface area contributed by atoms with Crippen LogP contribution in [-0.4, -0.2) is 69.1 Å². The summed E-state index contributed by atoms with van der Waals surface area (Å²) in [4.78, 5) is 29.9. The van der Waals surface area contributed by atoms with Crippen molar-refractivity contribution in [2.45, 2.75) is 46.1 Å². The van der Waals surface area contributed by atoms with E-state index in [1.54, 1.807) is 0 Å². The predicted molar refractivity (Wildman–Crippen MR) is 152 cm³/mol. The highest BCUT2D eigenvalue weighted by Gasteiger charge is 2.49. The number of benzene rings is 2. The van der Waals surface area contributed by atoms with E-state index in [1.807, 2.05) is 39.0 Å². The van der Waals surface area contributed by atoms with Crippen molar-refractivity contribution in [3.05, 3.63) is 48.0 Å². The first-order valence-electron chi connectivity index (χ1n) is 13.6. The van der Waals surface area contributed by atoms with Crippen LogP contribution in [0, 0.1) is 12.3 Å². The molecule has 200 valence electrons. The molecule has 2 aromatic rings. The van der Waals surface area contributed by atoms with E-state index in [2.05, 4.69) is 49.6 Å². The Kier molecular flexibility index (Phi) is 8.59. The maximum absolute atomic E-state index is 12.0. The molecule has 3 aliphatic rings. The average molecular weight is 507 g/mol. The first-order chi connectivity index (χ1) is 17.9. The molecule has 0 aliphatic carbocycles. The molecule has 3 heterocycles. The van der Waals surface area contributed by atoms with Gasteiger partial charge in [0, 0.05) is 81.0 Å². The lowest BCUT2D eigenvalue weighted by Crippen LogP contribution is -2.70. The van der Waals surface area contributed by atoms with Gasteiger partial charge < -0.3 is 26.2 Å².